The fourth-order valence-electron chi connectivity index (χ4n) is 1.82. The van der Waals surface area contributed by atoms with Crippen LogP contribution in [0, 0.1) is 0 Å². The van der Waals surface area contributed by atoms with Crippen molar-refractivity contribution >= 4 is 0 Å². The summed E-state index contributed by atoms with van der Waals surface area (Å²) in [7, 11) is 0. The van der Waals surface area contributed by atoms with Gasteiger partial charge < -0.3 is 9.84 Å². The van der Waals surface area contributed by atoms with Gasteiger partial charge in [-0.1, -0.05) is 32.0 Å². The van der Waals surface area contributed by atoms with Crippen LogP contribution in [-0.2, 0) is 6.61 Å². The van der Waals surface area contributed by atoms with Gasteiger partial charge in [0, 0.05) is 6.07 Å². The molecule has 3 nitrogen and oxygen atoms in total. The highest BCUT2D eigenvalue weighted by atomic mass is 16.5. The highest BCUT2D eigenvalue weighted by molar-refractivity contribution is 5.32. The zero-order valence-electron chi connectivity index (χ0n) is 11.3. The fourth-order valence-corrected chi connectivity index (χ4v) is 1.82. The largest absolute Gasteiger partial charge is 0.439 e. The minimum absolute atomic E-state index is 0.0792. The molecule has 1 aromatic carbocycles. The second-order valence-electron chi connectivity index (χ2n) is 4.61. The van der Waals surface area contributed by atoms with Gasteiger partial charge in [0.15, 0.2) is 0 Å². The standard InChI is InChI=1S/C16H19NO2/c1-3-12(2)13-7-9-15(10-8-13)19-16-6-4-5-14(11-18)17-16/h4-10,12,18H,3,11H2,1-2H3. The fraction of sp³-hybridized carbons (Fsp3) is 0.312. The van der Waals surface area contributed by atoms with Crippen LogP contribution in [0.15, 0.2) is 42.5 Å². The molecule has 1 heterocycles. The molecule has 2 rings (SSSR count). The van der Waals surface area contributed by atoms with E-state index in [2.05, 4.69) is 31.0 Å². The summed E-state index contributed by atoms with van der Waals surface area (Å²) in [5.41, 5.74) is 1.92. The van der Waals surface area contributed by atoms with Crippen LogP contribution in [0.4, 0.5) is 0 Å². The molecule has 0 aliphatic heterocycles. The smallest absolute Gasteiger partial charge is 0.219 e. The van der Waals surface area contributed by atoms with E-state index >= 15 is 0 Å². The van der Waals surface area contributed by atoms with Gasteiger partial charge in [0.05, 0.1) is 12.3 Å². The summed E-state index contributed by atoms with van der Waals surface area (Å²) >= 11 is 0. The minimum Gasteiger partial charge on any atom is -0.439 e. The van der Waals surface area contributed by atoms with Crippen LogP contribution in [0.2, 0.25) is 0 Å². The first-order valence-corrected chi connectivity index (χ1v) is 6.57. The predicted molar refractivity (Wildman–Crippen MR) is 75.4 cm³/mol. The maximum Gasteiger partial charge on any atom is 0.219 e. The number of hydrogen-bond donors (Lipinski definition) is 1. The summed E-state index contributed by atoms with van der Waals surface area (Å²) in [4.78, 5) is 4.19. The van der Waals surface area contributed by atoms with Crippen LogP contribution in [0.25, 0.3) is 0 Å². The van der Waals surface area contributed by atoms with Crippen LogP contribution < -0.4 is 4.74 Å². The van der Waals surface area contributed by atoms with Crippen LogP contribution >= 0.6 is 0 Å². The molecule has 3 heteroatoms. The Hall–Kier alpha value is -1.87. The number of aliphatic hydroxyl groups excluding tert-OH is 1. The van der Waals surface area contributed by atoms with Crippen molar-refractivity contribution in [3.63, 3.8) is 0 Å². The molecule has 1 N–H and O–H groups in total. The number of aromatic nitrogens is 1. The minimum atomic E-state index is -0.0792. The number of aliphatic hydroxyl groups is 1. The van der Waals surface area contributed by atoms with Gasteiger partial charge in [-0.05, 0) is 36.1 Å². The van der Waals surface area contributed by atoms with E-state index in [1.807, 2.05) is 18.2 Å². The first-order valence-electron chi connectivity index (χ1n) is 6.57. The molecular formula is C16H19NO2. The summed E-state index contributed by atoms with van der Waals surface area (Å²) in [6.07, 6.45) is 1.13. The zero-order valence-corrected chi connectivity index (χ0v) is 11.3. The maximum atomic E-state index is 9.03. The summed E-state index contributed by atoms with van der Waals surface area (Å²) in [6.45, 7) is 4.31. The Morgan fingerprint density at radius 2 is 1.89 bits per heavy atom. The van der Waals surface area contributed by atoms with E-state index in [1.165, 1.54) is 5.56 Å². The van der Waals surface area contributed by atoms with Gasteiger partial charge in [0.2, 0.25) is 5.88 Å². The summed E-state index contributed by atoms with van der Waals surface area (Å²) in [6, 6.07) is 13.4. The van der Waals surface area contributed by atoms with E-state index in [-0.39, 0.29) is 6.61 Å². The number of hydrogen-bond acceptors (Lipinski definition) is 3. The molecule has 0 spiro atoms. The second-order valence-corrected chi connectivity index (χ2v) is 4.61. The highest BCUT2D eigenvalue weighted by Crippen LogP contribution is 2.24. The molecule has 0 amide bonds. The third kappa shape index (κ3) is 3.55. The number of nitrogens with zero attached hydrogens (tertiary/aromatic N) is 1. The Bertz CT molecular complexity index is 523. The molecule has 0 radical (unpaired) electrons. The van der Waals surface area contributed by atoms with Crippen molar-refractivity contribution in [3.05, 3.63) is 53.7 Å². The lowest BCUT2D eigenvalue weighted by atomic mass is 9.99. The lowest BCUT2D eigenvalue weighted by Crippen LogP contribution is -1.94. The lowest BCUT2D eigenvalue weighted by molar-refractivity contribution is 0.275. The summed E-state index contributed by atoms with van der Waals surface area (Å²) in [5, 5.41) is 9.03. The van der Waals surface area contributed by atoms with Gasteiger partial charge in [-0.25, -0.2) is 4.98 Å². The first kappa shape index (κ1) is 13.6. The molecule has 0 aliphatic carbocycles. The molecule has 0 aliphatic rings. The van der Waals surface area contributed by atoms with E-state index in [0.717, 1.165) is 12.2 Å². The van der Waals surface area contributed by atoms with E-state index in [4.69, 9.17) is 9.84 Å². The third-order valence-corrected chi connectivity index (χ3v) is 3.23. The van der Waals surface area contributed by atoms with E-state index in [0.29, 0.717) is 17.5 Å². The Morgan fingerprint density at radius 3 is 2.53 bits per heavy atom. The van der Waals surface area contributed by atoms with Gasteiger partial charge in [-0.15, -0.1) is 0 Å². The van der Waals surface area contributed by atoms with E-state index < -0.39 is 0 Å². The van der Waals surface area contributed by atoms with Gasteiger partial charge in [0.25, 0.3) is 0 Å². The molecule has 0 bridgehead atoms. The quantitative estimate of drug-likeness (QED) is 0.883. The van der Waals surface area contributed by atoms with Crippen molar-refractivity contribution in [3.8, 4) is 11.6 Å². The molecule has 100 valence electrons. The van der Waals surface area contributed by atoms with E-state index in [9.17, 15) is 0 Å². The van der Waals surface area contributed by atoms with Crippen molar-refractivity contribution in [1.82, 2.24) is 4.98 Å². The second kappa shape index (κ2) is 6.34. The zero-order chi connectivity index (χ0) is 13.7. The number of benzene rings is 1. The van der Waals surface area contributed by atoms with Gasteiger partial charge in [0.1, 0.15) is 5.75 Å². The molecule has 0 saturated carbocycles. The number of rotatable bonds is 5. The van der Waals surface area contributed by atoms with Crippen LogP contribution in [0.3, 0.4) is 0 Å². The molecule has 1 aromatic heterocycles. The molecular weight excluding hydrogens is 238 g/mol. The lowest BCUT2D eigenvalue weighted by Gasteiger charge is -2.10. The highest BCUT2D eigenvalue weighted by Gasteiger charge is 2.04. The average Bonchev–Trinajstić information content (AvgIpc) is 2.47. The summed E-state index contributed by atoms with van der Waals surface area (Å²) in [5.74, 6) is 1.82. The van der Waals surface area contributed by atoms with Crippen molar-refractivity contribution in [2.24, 2.45) is 0 Å². The molecule has 0 saturated heterocycles. The van der Waals surface area contributed by atoms with Crippen molar-refractivity contribution in [2.45, 2.75) is 32.8 Å². The Labute approximate surface area is 113 Å². The first-order chi connectivity index (χ1) is 9.22. The molecule has 0 fully saturated rings. The number of pyridine rings is 1. The SMILES string of the molecule is CCC(C)c1ccc(Oc2cccc(CO)n2)cc1. The average molecular weight is 257 g/mol. The van der Waals surface area contributed by atoms with Crippen LogP contribution in [-0.4, -0.2) is 10.1 Å². The van der Waals surface area contributed by atoms with Gasteiger partial charge in [-0.3, -0.25) is 0 Å². The van der Waals surface area contributed by atoms with Crippen molar-refractivity contribution in [2.75, 3.05) is 0 Å². The normalized spacial score (nSPS) is 12.2. The monoisotopic (exact) mass is 257 g/mol. The van der Waals surface area contributed by atoms with Crippen molar-refractivity contribution < 1.29 is 9.84 Å². The Kier molecular flexibility index (Phi) is 4.53. The topological polar surface area (TPSA) is 42.4 Å². The van der Waals surface area contributed by atoms with Gasteiger partial charge >= 0.3 is 0 Å². The Morgan fingerprint density at radius 1 is 1.16 bits per heavy atom. The van der Waals surface area contributed by atoms with Crippen LogP contribution in [0.1, 0.15) is 37.4 Å². The number of ether oxygens (including phenoxy) is 1. The molecule has 1 atom stereocenters. The van der Waals surface area contributed by atoms with E-state index in [1.54, 1.807) is 12.1 Å². The van der Waals surface area contributed by atoms with Crippen molar-refractivity contribution in [1.29, 1.82) is 0 Å². The third-order valence-electron chi connectivity index (χ3n) is 3.23. The summed E-state index contributed by atoms with van der Waals surface area (Å²) < 4.78 is 5.67. The Balaban J connectivity index is 2.10. The molecule has 19 heavy (non-hydrogen) atoms. The molecule has 1 unspecified atom stereocenters. The maximum absolute atomic E-state index is 9.03. The molecule has 2 aromatic rings. The predicted octanol–water partition coefficient (Wildman–Crippen LogP) is 3.88. The van der Waals surface area contributed by atoms with Crippen LogP contribution in [0.5, 0.6) is 11.6 Å². The van der Waals surface area contributed by atoms with Gasteiger partial charge in [-0.2, -0.15) is 0 Å².